The van der Waals surface area contributed by atoms with Crippen LogP contribution in [0.5, 0.6) is 5.75 Å². The van der Waals surface area contributed by atoms with Gasteiger partial charge in [0.1, 0.15) is 18.2 Å². The van der Waals surface area contributed by atoms with Crippen molar-refractivity contribution >= 4 is 14.2 Å². The molecule has 1 aromatic heterocycles. The number of rotatable bonds is 7. The maximum atomic E-state index is 10.8. The molecule has 0 saturated carbocycles. The van der Waals surface area contributed by atoms with Crippen LogP contribution in [-0.2, 0) is 11.5 Å². The van der Waals surface area contributed by atoms with E-state index in [1.807, 2.05) is 6.07 Å². The van der Waals surface area contributed by atoms with Gasteiger partial charge in [-0.15, -0.1) is 5.10 Å². The lowest BCUT2D eigenvalue weighted by atomic mass is 10.1. The lowest BCUT2D eigenvalue weighted by molar-refractivity contribution is 0.0772. The molecule has 0 aliphatic carbocycles. The van der Waals surface area contributed by atoms with Gasteiger partial charge in [0, 0.05) is 20.2 Å². The number of carbonyl (C=O) groups excluding carboxylic acids is 1. The summed E-state index contributed by atoms with van der Waals surface area (Å²) in [6.07, 6.45) is 0.944. The number of primary amides is 1. The van der Waals surface area contributed by atoms with E-state index in [1.165, 1.54) is 0 Å². The Labute approximate surface area is 136 Å². The van der Waals surface area contributed by atoms with Crippen molar-refractivity contribution in [2.45, 2.75) is 32.4 Å². The monoisotopic (exact) mass is 334 g/mol. The van der Waals surface area contributed by atoms with Gasteiger partial charge >= 0.3 is 6.09 Å². The SMILES string of the molecule is C[Si](C)(C)CCOCn1cc(-c2cccc(OC(N)=O)c2)nn1. The highest BCUT2D eigenvalue weighted by Gasteiger charge is 2.12. The first-order valence-electron chi connectivity index (χ1n) is 7.39. The van der Waals surface area contributed by atoms with Crippen LogP contribution >= 0.6 is 0 Å². The summed E-state index contributed by atoms with van der Waals surface area (Å²) < 4.78 is 12.1. The molecule has 0 aliphatic heterocycles. The maximum absolute atomic E-state index is 10.8. The second kappa shape index (κ2) is 7.38. The Morgan fingerprint density at radius 1 is 1.35 bits per heavy atom. The first kappa shape index (κ1) is 17.2. The van der Waals surface area contributed by atoms with Crippen molar-refractivity contribution in [2.24, 2.45) is 5.73 Å². The number of carbonyl (C=O) groups is 1. The van der Waals surface area contributed by atoms with Crippen LogP contribution in [0.2, 0.25) is 25.7 Å². The van der Waals surface area contributed by atoms with Crippen LogP contribution < -0.4 is 10.5 Å². The van der Waals surface area contributed by atoms with E-state index in [2.05, 4.69) is 30.0 Å². The fourth-order valence-corrected chi connectivity index (χ4v) is 2.62. The van der Waals surface area contributed by atoms with Gasteiger partial charge < -0.3 is 15.2 Å². The molecule has 2 rings (SSSR count). The van der Waals surface area contributed by atoms with Gasteiger partial charge in [-0.1, -0.05) is 37.0 Å². The number of aromatic nitrogens is 3. The van der Waals surface area contributed by atoms with E-state index in [1.54, 1.807) is 29.1 Å². The van der Waals surface area contributed by atoms with E-state index >= 15 is 0 Å². The van der Waals surface area contributed by atoms with Crippen LogP contribution in [0.25, 0.3) is 11.3 Å². The first-order valence-corrected chi connectivity index (χ1v) is 11.1. The molecule has 0 radical (unpaired) electrons. The van der Waals surface area contributed by atoms with Crippen LogP contribution in [0.3, 0.4) is 0 Å². The molecular weight excluding hydrogens is 312 g/mol. The van der Waals surface area contributed by atoms with E-state index in [-0.39, 0.29) is 0 Å². The molecule has 2 aromatic rings. The highest BCUT2D eigenvalue weighted by Crippen LogP contribution is 2.21. The fraction of sp³-hybridized carbons (Fsp3) is 0.400. The van der Waals surface area contributed by atoms with Crippen molar-refractivity contribution in [1.82, 2.24) is 15.0 Å². The quantitative estimate of drug-likeness (QED) is 0.621. The lowest BCUT2D eigenvalue weighted by Crippen LogP contribution is -2.22. The normalized spacial score (nSPS) is 11.4. The van der Waals surface area contributed by atoms with Gasteiger partial charge in [0.25, 0.3) is 0 Å². The van der Waals surface area contributed by atoms with Gasteiger partial charge in [-0.25, -0.2) is 9.48 Å². The summed E-state index contributed by atoms with van der Waals surface area (Å²) in [6, 6.07) is 8.07. The van der Waals surface area contributed by atoms with Gasteiger partial charge in [0.05, 0.1) is 6.20 Å². The molecule has 124 valence electrons. The van der Waals surface area contributed by atoms with Crippen LogP contribution in [-0.4, -0.2) is 35.8 Å². The predicted molar refractivity (Wildman–Crippen MR) is 89.8 cm³/mol. The summed E-state index contributed by atoms with van der Waals surface area (Å²) >= 11 is 0. The van der Waals surface area contributed by atoms with E-state index in [9.17, 15) is 4.79 Å². The Kier molecular flexibility index (Phi) is 5.51. The molecule has 1 heterocycles. The third-order valence-electron chi connectivity index (χ3n) is 3.11. The van der Waals surface area contributed by atoms with Crippen LogP contribution in [0.1, 0.15) is 0 Å². The van der Waals surface area contributed by atoms with Crippen molar-refractivity contribution < 1.29 is 14.3 Å². The topological polar surface area (TPSA) is 92.3 Å². The zero-order chi connectivity index (χ0) is 16.9. The number of amides is 1. The molecule has 1 aromatic carbocycles. The summed E-state index contributed by atoms with van der Waals surface area (Å²) in [5.74, 6) is 0.371. The molecular formula is C15H22N4O3Si. The predicted octanol–water partition coefficient (Wildman–Crippen LogP) is 2.71. The van der Waals surface area contributed by atoms with Crippen molar-refractivity contribution in [1.29, 1.82) is 0 Å². The summed E-state index contributed by atoms with van der Waals surface area (Å²) in [4.78, 5) is 10.8. The molecule has 0 saturated heterocycles. The van der Waals surface area contributed by atoms with Crippen molar-refractivity contribution in [3.05, 3.63) is 30.5 Å². The van der Waals surface area contributed by atoms with E-state index in [0.717, 1.165) is 18.2 Å². The smallest absolute Gasteiger partial charge is 0.409 e. The number of hydrogen-bond donors (Lipinski definition) is 1. The molecule has 8 heteroatoms. The molecule has 0 unspecified atom stereocenters. The first-order chi connectivity index (χ1) is 10.8. The second-order valence-electron chi connectivity index (χ2n) is 6.44. The summed E-state index contributed by atoms with van der Waals surface area (Å²) in [6.45, 7) is 8.03. The Morgan fingerprint density at radius 3 is 2.83 bits per heavy atom. The third-order valence-corrected chi connectivity index (χ3v) is 4.81. The number of nitrogens with zero attached hydrogens (tertiary/aromatic N) is 3. The number of benzene rings is 1. The fourth-order valence-electron chi connectivity index (χ4n) is 1.87. The van der Waals surface area contributed by atoms with Gasteiger partial charge in [-0.2, -0.15) is 0 Å². The largest absolute Gasteiger partial charge is 0.410 e. The maximum Gasteiger partial charge on any atom is 0.409 e. The van der Waals surface area contributed by atoms with Gasteiger partial charge in [-0.3, -0.25) is 0 Å². The number of nitrogens with two attached hydrogens (primary N) is 1. The average molecular weight is 334 g/mol. The summed E-state index contributed by atoms with van der Waals surface area (Å²) in [5.41, 5.74) is 6.47. The van der Waals surface area contributed by atoms with Gasteiger partial charge in [0.2, 0.25) is 0 Å². The molecule has 0 bridgehead atoms. The Morgan fingerprint density at radius 2 is 2.13 bits per heavy atom. The zero-order valence-corrected chi connectivity index (χ0v) is 14.7. The minimum Gasteiger partial charge on any atom is -0.410 e. The molecule has 0 aliphatic rings. The second-order valence-corrected chi connectivity index (χ2v) is 12.1. The molecule has 1 amide bonds. The van der Waals surface area contributed by atoms with Gasteiger partial charge in [0.15, 0.2) is 0 Å². The van der Waals surface area contributed by atoms with Gasteiger partial charge in [-0.05, 0) is 18.2 Å². The molecule has 0 atom stereocenters. The molecule has 2 N–H and O–H groups in total. The minimum absolute atomic E-state index is 0.370. The van der Waals surface area contributed by atoms with Crippen LogP contribution in [0.15, 0.2) is 30.5 Å². The highest BCUT2D eigenvalue weighted by molar-refractivity contribution is 6.76. The van der Waals surface area contributed by atoms with E-state index in [4.69, 9.17) is 15.2 Å². The van der Waals surface area contributed by atoms with Crippen molar-refractivity contribution in [3.8, 4) is 17.0 Å². The van der Waals surface area contributed by atoms with E-state index in [0.29, 0.717) is 18.2 Å². The standard InChI is InChI=1S/C15H22N4O3Si/c1-23(2,3)8-7-21-11-19-10-14(17-18-19)12-5-4-6-13(9-12)22-15(16)20/h4-6,9-10H,7-8,11H2,1-3H3,(H2,16,20). The summed E-state index contributed by atoms with van der Waals surface area (Å²) in [7, 11) is -1.08. The highest BCUT2D eigenvalue weighted by atomic mass is 28.3. The Balaban J connectivity index is 1.95. The third kappa shape index (κ3) is 5.84. The average Bonchev–Trinajstić information content (AvgIpc) is 2.91. The number of ether oxygens (including phenoxy) is 2. The number of hydrogen-bond acceptors (Lipinski definition) is 5. The molecule has 7 nitrogen and oxygen atoms in total. The molecule has 0 spiro atoms. The van der Waals surface area contributed by atoms with E-state index < -0.39 is 14.2 Å². The Hall–Kier alpha value is -2.19. The molecule has 0 fully saturated rings. The van der Waals surface area contributed by atoms with Crippen molar-refractivity contribution in [3.63, 3.8) is 0 Å². The van der Waals surface area contributed by atoms with Crippen LogP contribution in [0.4, 0.5) is 4.79 Å². The summed E-state index contributed by atoms with van der Waals surface area (Å²) in [5, 5.41) is 8.14. The van der Waals surface area contributed by atoms with Crippen molar-refractivity contribution in [2.75, 3.05) is 6.61 Å². The van der Waals surface area contributed by atoms with Crippen LogP contribution in [0, 0.1) is 0 Å². The zero-order valence-electron chi connectivity index (χ0n) is 13.7. The lowest BCUT2D eigenvalue weighted by Gasteiger charge is -2.15. The minimum atomic E-state index is -1.08. The Bertz CT molecular complexity index is 667. The molecule has 23 heavy (non-hydrogen) atoms.